The number of thioether (sulfide) groups is 1. The van der Waals surface area contributed by atoms with Gasteiger partial charge in [0.2, 0.25) is 0 Å². The van der Waals surface area contributed by atoms with Crippen LogP contribution in [0.15, 0.2) is 23.7 Å². The molecule has 1 aliphatic heterocycles. The van der Waals surface area contributed by atoms with E-state index < -0.39 is 0 Å². The Bertz CT molecular complexity index is 383. The fourth-order valence-corrected chi connectivity index (χ4v) is 3.21. The van der Waals surface area contributed by atoms with E-state index in [-0.39, 0.29) is 11.6 Å². The number of amidine groups is 1. The van der Waals surface area contributed by atoms with Gasteiger partial charge in [0.25, 0.3) is 0 Å². The predicted molar refractivity (Wildman–Crippen MR) is 73.4 cm³/mol. The topological polar surface area (TPSA) is 42.2 Å². The Morgan fingerprint density at radius 2 is 2.47 bits per heavy atom. The van der Waals surface area contributed by atoms with Gasteiger partial charge in [-0.15, -0.1) is 0 Å². The number of nitrogens with one attached hydrogen (secondary N) is 1. The van der Waals surface area contributed by atoms with Gasteiger partial charge in [0, 0.05) is 30.2 Å². The highest BCUT2D eigenvalue weighted by Crippen LogP contribution is 2.22. The number of aliphatic imine (C=N–C) groups is 1. The van der Waals surface area contributed by atoms with Crippen LogP contribution in [-0.2, 0) is 6.54 Å². The van der Waals surface area contributed by atoms with E-state index in [0.29, 0.717) is 0 Å². The first-order chi connectivity index (χ1) is 8.05. The summed E-state index contributed by atoms with van der Waals surface area (Å²) in [4.78, 5) is 8.77. The van der Waals surface area contributed by atoms with Gasteiger partial charge in [0.05, 0.1) is 12.4 Å². The van der Waals surface area contributed by atoms with Gasteiger partial charge in [-0.05, 0) is 27.2 Å². The Hall–Kier alpha value is -0.970. The van der Waals surface area contributed by atoms with Gasteiger partial charge in [-0.25, -0.2) is 4.98 Å². The molecule has 0 saturated carbocycles. The molecule has 1 unspecified atom stereocenters. The van der Waals surface area contributed by atoms with E-state index in [9.17, 15) is 0 Å². The zero-order valence-electron chi connectivity index (χ0n) is 10.7. The Labute approximate surface area is 107 Å². The highest BCUT2D eigenvalue weighted by atomic mass is 32.2. The molecular formula is C12H20N4S. The van der Waals surface area contributed by atoms with Crippen LogP contribution in [0.5, 0.6) is 0 Å². The van der Waals surface area contributed by atoms with Crippen LogP contribution in [0.2, 0.25) is 0 Å². The molecule has 1 aliphatic rings. The minimum absolute atomic E-state index is 0.179. The lowest BCUT2D eigenvalue weighted by Crippen LogP contribution is -2.46. The van der Waals surface area contributed by atoms with E-state index >= 15 is 0 Å². The van der Waals surface area contributed by atoms with Crippen molar-refractivity contribution in [3.63, 3.8) is 0 Å². The number of nitrogens with zero attached hydrogens (tertiary/aromatic N) is 3. The first kappa shape index (κ1) is 12.5. The summed E-state index contributed by atoms with van der Waals surface area (Å²) in [5, 5.41) is 4.57. The number of aromatic nitrogens is 2. The van der Waals surface area contributed by atoms with Crippen LogP contribution in [0, 0.1) is 0 Å². The van der Waals surface area contributed by atoms with Crippen molar-refractivity contribution < 1.29 is 0 Å². The summed E-state index contributed by atoms with van der Waals surface area (Å²) < 4.78 is 2.06. The van der Waals surface area contributed by atoms with Gasteiger partial charge in [-0.3, -0.25) is 4.99 Å². The van der Waals surface area contributed by atoms with E-state index in [1.807, 2.05) is 24.3 Å². The molecule has 1 aromatic rings. The molecule has 94 valence electrons. The summed E-state index contributed by atoms with van der Waals surface area (Å²) in [5.41, 5.74) is 0.179. The maximum Gasteiger partial charge on any atom is 0.157 e. The van der Waals surface area contributed by atoms with E-state index in [2.05, 4.69) is 35.6 Å². The van der Waals surface area contributed by atoms with Crippen LogP contribution in [0.4, 0.5) is 0 Å². The van der Waals surface area contributed by atoms with Crippen LogP contribution >= 0.6 is 11.8 Å². The van der Waals surface area contributed by atoms with Crippen molar-refractivity contribution in [2.75, 3.05) is 5.75 Å². The molecule has 2 rings (SSSR count). The second-order valence-electron chi connectivity index (χ2n) is 5.15. The molecule has 0 aliphatic carbocycles. The predicted octanol–water partition coefficient (Wildman–Crippen LogP) is 2.13. The molecule has 0 aromatic carbocycles. The standard InChI is InChI=1S/C12H20N4S/c1-10(8-16-6-5-13-9-16)14-11-15-12(2,3)4-7-17-11/h5-6,9-10H,4,7-8H2,1-3H3,(H,14,15). The van der Waals surface area contributed by atoms with Crippen molar-refractivity contribution >= 4 is 16.9 Å². The SMILES string of the molecule is CC(Cn1ccnc1)N=C1NC(C)(C)CCS1. The van der Waals surface area contributed by atoms with Gasteiger partial charge in [-0.2, -0.15) is 0 Å². The summed E-state index contributed by atoms with van der Waals surface area (Å²) in [7, 11) is 0. The van der Waals surface area contributed by atoms with Crippen molar-refractivity contribution in [3.05, 3.63) is 18.7 Å². The Morgan fingerprint density at radius 3 is 3.12 bits per heavy atom. The summed E-state index contributed by atoms with van der Waals surface area (Å²) in [6, 6.07) is 0.271. The minimum atomic E-state index is 0.179. The maximum atomic E-state index is 4.73. The van der Waals surface area contributed by atoms with Crippen LogP contribution in [0.1, 0.15) is 27.2 Å². The second kappa shape index (κ2) is 5.12. The van der Waals surface area contributed by atoms with Crippen molar-refractivity contribution in [2.45, 2.75) is 45.3 Å². The number of hydrogen-bond acceptors (Lipinski definition) is 3. The van der Waals surface area contributed by atoms with Crippen LogP contribution in [0.25, 0.3) is 0 Å². The summed E-state index contributed by atoms with van der Waals surface area (Å²) in [5.74, 6) is 1.15. The second-order valence-corrected chi connectivity index (χ2v) is 6.23. The smallest absolute Gasteiger partial charge is 0.157 e. The molecule has 2 heterocycles. The molecule has 0 amide bonds. The highest BCUT2D eigenvalue weighted by Gasteiger charge is 2.24. The Balaban J connectivity index is 1.94. The van der Waals surface area contributed by atoms with Gasteiger partial charge in [0.15, 0.2) is 5.17 Å². The molecule has 0 bridgehead atoms. The summed E-state index contributed by atoms with van der Waals surface area (Å²) in [6.45, 7) is 7.47. The third-order valence-corrected chi connectivity index (χ3v) is 3.67. The Kier molecular flexibility index (Phi) is 3.76. The number of rotatable bonds is 3. The zero-order chi connectivity index (χ0) is 12.3. The van der Waals surface area contributed by atoms with E-state index in [4.69, 9.17) is 4.99 Å². The molecule has 0 radical (unpaired) electrons. The molecule has 1 N–H and O–H groups in total. The molecular weight excluding hydrogens is 232 g/mol. The van der Waals surface area contributed by atoms with Crippen LogP contribution in [0.3, 0.4) is 0 Å². The van der Waals surface area contributed by atoms with Crippen molar-refractivity contribution in [2.24, 2.45) is 4.99 Å². The first-order valence-electron chi connectivity index (χ1n) is 6.00. The van der Waals surface area contributed by atoms with Crippen molar-refractivity contribution in [3.8, 4) is 0 Å². The summed E-state index contributed by atoms with van der Waals surface area (Å²) >= 11 is 1.82. The molecule has 17 heavy (non-hydrogen) atoms. The lowest BCUT2D eigenvalue weighted by Gasteiger charge is -2.32. The number of imidazole rings is 1. The van der Waals surface area contributed by atoms with Crippen LogP contribution in [-0.4, -0.2) is 32.1 Å². The third-order valence-electron chi connectivity index (χ3n) is 2.78. The lowest BCUT2D eigenvalue weighted by atomic mass is 10.0. The van der Waals surface area contributed by atoms with E-state index in [1.54, 1.807) is 6.20 Å². The average molecular weight is 252 g/mol. The highest BCUT2D eigenvalue weighted by molar-refractivity contribution is 8.13. The molecule has 1 saturated heterocycles. The molecule has 0 spiro atoms. The minimum Gasteiger partial charge on any atom is -0.360 e. The van der Waals surface area contributed by atoms with Gasteiger partial charge in [-0.1, -0.05) is 11.8 Å². The monoisotopic (exact) mass is 252 g/mol. The average Bonchev–Trinajstić information content (AvgIpc) is 2.68. The lowest BCUT2D eigenvalue weighted by molar-refractivity contribution is 0.444. The molecule has 4 nitrogen and oxygen atoms in total. The fourth-order valence-electron chi connectivity index (χ4n) is 1.80. The molecule has 5 heteroatoms. The largest absolute Gasteiger partial charge is 0.360 e. The normalized spacial score (nSPS) is 23.4. The molecule has 1 aromatic heterocycles. The van der Waals surface area contributed by atoms with Gasteiger partial charge in [0.1, 0.15) is 0 Å². The Morgan fingerprint density at radius 1 is 1.65 bits per heavy atom. The van der Waals surface area contributed by atoms with E-state index in [0.717, 1.165) is 17.5 Å². The maximum absolute atomic E-state index is 4.73. The zero-order valence-corrected chi connectivity index (χ0v) is 11.5. The summed E-state index contributed by atoms with van der Waals surface area (Å²) in [6.07, 6.45) is 6.80. The molecule has 1 fully saturated rings. The first-order valence-corrected chi connectivity index (χ1v) is 6.98. The quantitative estimate of drug-likeness (QED) is 0.896. The third kappa shape index (κ3) is 3.77. The van der Waals surface area contributed by atoms with E-state index in [1.165, 1.54) is 6.42 Å². The van der Waals surface area contributed by atoms with Gasteiger partial charge >= 0.3 is 0 Å². The van der Waals surface area contributed by atoms with Crippen molar-refractivity contribution in [1.82, 2.24) is 14.9 Å². The molecule has 1 atom stereocenters. The number of hydrogen-bond donors (Lipinski definition) is 1. The fraction of sp³-hybridized carbons (Fsp3) is 0.667. The van der Waals surface area contributed by atoms with Crippen LogP contribution < -0.4 is 5.32 Å². The van der Waals surface area contributed by atoms with Gasteiger partial charge < -0.3 is 9.88 Å². The van der Waals surface area contributed by atoms with Crippen molar-refractivity contribution in [1.29, 1.82) is 0 Å².